The molecule has 0 aromatic carbocycles. The lowest BCUT2D eigenvalue weighted by molar-refractivity contribution is 0.306. The van der Waals surface area contributed by atoms with Gasteiger partial charge in [-0.25, -0.2) is 15.0 Å². The van der Waals surface area contributed by atoms with E-state index in [1.165, 1.54) is 32.1 Å². The topological polar surface area (TPSA) is 66.5 Å². The Hall–Kier alpha value is -1.65. The summed E-state index contributed by atoms with van der Waals surface area (Å²) in [6.45, 7) is 3.29. The number of hydrogen-bond acceptors (Lipinski definition) is 4. The molecule has 5 heteroatoms. The highest BCUT2D eigenvalue weighted by atomic mass is 15.1. The van der Waals surface area contributed by atoms with Crippen LogP contribution in [0.25, 0.3) is 11.2 Å². The van der Waals surface area contributed by atoms with E-state index in [0.29, 0.717) is 5.41 Å². The first-order valence-corrected chi connectivity index (χ1v) is 6.71. The lowest BCUT2D eigenvalue weighted by Crippen LogP contribution is -2.26. The Balaban J connectivity index is 1.78. The molecule has 2 aromatic rings. The molecule has 0 spiro atoms. The predicted octanol–water partition coefficient (Wildman–Crippen LogP) is 2.74. The van der Waals surface area contributed by atoms with Crippen LogP contribution in [-0.4, -0.2) is 26.5 Å². The highest BCUT2D eigenvalue weighted by Gasteiger charge is 2.31. The molecule has 1 saturated carbocycles. The van der Waals surface area contributed by atoms with Crippen molar-refractivity contribution in [2.75, 3.05) is 11.9 Å². The Bertz CT molecular complexity index is 527. The normalized spacial score (nSPS) is 18.3. The minimum atomic E-state index is 0.456. The number of hydrogen-bond donors (Lipinski definition) is 2. The quantitative estimate of drug-likeness (QED) is 0.869. The average Bonchev–Trinajstić information content (AvgIpc) is 3.06. The molecule has 1 aliphatic rings. The summed E-state index contributed by atoms with van der Waals surface area (Å²) in [4.78, 5) is 15.7. The second-order valence-corrected chi connectivity index (χ2v) is 5.24. The molecule has 0 aliphatic heterocycles. The summed E-state index contributed by atoms with van der Waals surface area (Å²) in [6, 6.07) is 0. The number of nitrogens with zero attached hydrogens (tertiary/aromatic N) is 3. The number of nitrogens with one attached hydrogen (secondary N) is 2. The summed E-state index contributed by atoms with van der Waals surface area (Å²) in [6.07, 6.45) is 9.84. The van der Waals surface area contributed by atoms with Crippen molar-refractivity contribution in [2.45, 2.75) is 39.0 Å². The van der Waals surface area contributed by atoms with Crippen molar-refractivity contribution in [3.8, 4) is 0 Å². The minimum Gasteiger partial charge on any atom is -0.368 e. The summed E-state index contributed by atoms with van der Waals surface area (Å²) in [5.41, 5.74) is 2.09. The molecule has 1 aliphatic carbocycles. The van der Waals surface area contributed by atoms with E-state index in [9.17, 15) is 0 Å². The van der Waals surface area contributed by atoms with Crippen LogP contribution in [0.2, 0.25) is 0 Å². The highest BCUT2D eigenvalue weighted by Crippen LogP contribution is 2.40. The molecule has 0 radical (unpaired) electrons. The van der Waals surface area contributed by atoms with E-state index in [0.717, 1.165) is 23.5 Å². The van der Waals surface area contributed by atoms with E-state index >= 15 is 0 Å². The summed E-state index contributed by atoms with van der Waals surface area (Å²) in [5, 5.41) is 3.49. The Morgan fingerprint density at radius 3 is 2.89 bits per heavy atom. The fraction of sp³-hybridized carbons (Fsp3) is 0.615. The standard InChI is InChI=1S/C13H19N5/c1-2-13(5-3-4-6-13)7-14-11-10-12(16-8-15-10)18-9-17-11/h8-9H,2-7H2,1H3,(H2,14,15,16,17,18). The second-order valence-electron chi connectivity index (χ2n) is 5.24. The fourth-order valence-electron chi connectivity index (χ4n) is 2.95. The molecule has 18 heavy (non-hydrogen) atoms. The van der Waals surface area contributed by atoms with Gasteiger partial charge in [-0.3, -0.25) is 0 Å². The van der Waals surface area contributed by atoms with Crippen molar-refractivity contribution >= 4 is 17.0 Å². The van der Waals surface area contributed by atoms with Crippen molar-refractivity contribution in [2.24, 2.45) is 5.41 Å². The summed E-state index contributed by atoms with van der Waals surface area (Å²) < 4.78 is 0. The van der Waals surface area contributed by atoms with Gasteiger partial charge in [0.1, 0.15) is 11.8 Å². The van der Waals surface area contributed by atoms with E-state index < -0.39 is 0 Å². The van der Waals surface area contributed by atoms with Crippen LogP contribution in [0.3, 0.4) is 0 Å². The van der Waals surface area contributed by atoms with Gasteiger partial charge in [0.2, 0.25) is 0 Å². The first-order valence-electron chi connectivity index (χ1n) is 6.71. The van der Waals surface area contributed by atoms with Gasteiger partial charge in [0.05, 0.1) is 6.33 Å². The zero-order valence-corrected chi connectivity index (χ0v) is 10.7. The maximum absolute atomic E-state index is 4.31. The Labute approximate surface area is 106 Å². The predicted molar refractivity (Wildman–Crippen MR) is 71.4 cm³/mol. The third-order valence-corrected chi connectivity index (χ3v) is 4.27. The van der Waals surface area contributed by atoms with Gasteiger partial charge < -0.3 is 10.3 Å². The molecular weight excluding hydrogens is 226 g/mol. The minimum absolute atomic E-state index is 0.456. The maximum Gasteiger partial charge on any atom is 0.182 e. The summed E-state index contributed by atoms with van der Waals surface area (Å²) >= 11 is 0. The molecule has 0 atom stereocenters. The van der Waals surface area contributed by atoms with Crippen molar-refractivity contribution in [1.29, 1.82) is 0 Å². The van der Waals surface area contributed by atoms with Crippen LogP contribution in [0.4, 0.5) is 5.82 Å². The molecule has 0 saturated heterocycles. The lowest BCUT2D eigenvalue weighted by atomic mass is 9.83. The van der Waals surface area contributed by atoms with Crippen LogP contribution in [0.1, 0.15) is 39.0 Å². The van der Waals surface area contributed by atoms with E-state index in [-0.39, 0.29) is 0 Å². The molecule has 0 unspecified atom stereocenters. The van der Waals surface area contributed by atoms with Crippen molar-refractivity contribution in [1.82, 2.24) is 19.9 Å². The SMILES string of the molecule is CCC1(CNc2ncnc3nc[nH]c23)CCCC1. The molecule has 96 valence electrons. The van der Waals surface area contributed by atoms with Crippen molar-refractivity contribution in [3.63, 3.8) is 0 Å². The highest BCUT2D eigenvalue weighted by molar-refractivity contribution is 5.81. The van der Waals surface area contributed by atoms with Gasteiger partial charge in [-0.1, -0.05) is 19.8 Å². The lowest BCUT2D eigenvalue weighted by Gasteiger charge is -2.27. The van der Waals surface area contributed by atoms with Gasteiger partial charge in [-0.05, 0) is 24.7 Å². The zero-order chi connectivity index (χ0) is 12.4. The molecule has 3 rings (SSSR count). The Kier molecular flexibility index (Phi) is 2.89. The summed E-state index contributed by atoms with van der Waals surface area (Å²) in [5.74, 6) is 0.872. The zero-order valence-electron chi connectivity index (χ0n) is 10.7. The van der Waals surface area contributed by atoms with Crippen LogP contribution in [-0.2, 0) is 0 Å². The molecule has 2 heterocycles. The van der Waals surface area contributed by atoms with Crippen LogP contribution in [0, 0.1) is 5.41 Å². The smallest absolute Gasteiger partial charge is 0.182 e. The van der Waals surface area contributed by atoms with Gasteiger partial charge in [-0.2, -0.15) is 0 Å². The third-order valence-electron chi connectivity index (χ3n) is 4.27. The largest absolute Gasteiger partial charge is 0.368 e. The van der Waals surface area contributed by atoms with Crippen LogP contribution >= 0.6 is 0 Å². The van der Waals surface area contributed by atoms with E-state index in [1.54, 1.807) is 12.7 Å². The molecule has 0 bridgehead atoms. The number of H-pyrrole nitrogens is 1. The number of aromatic nitrogens is 4. The molecular formula is C13H19N5. The molecule has 2 aromatic heterocycles. The van der Waals surface area contributed by atoms with Crippen LogP contribution < -0.4 is 5.32 Å². The first-order chi connectivity index (χ1) is 8.83. The van der Waals surface area contributed by atoms with Gasteiger partial charge in [0.15, 0.2) is 11.5 Å². The fourth-order valence-corrected chi connectivity index (χ4v) is 2.95. The van der Waals surface area contributed by atoms with Crippen LogP contribution in [0.5, 0.6) is 0 Å². The average molecular weight is 245 g/mol. The van der Waals surface area contributed by atoms with Gasteiger partial charge in [0.25, 0.3) is 0 Å². The van der Waals surface area contributed by atoms with Crippen molar-refractivity contribution in [3.05, 3.63) is 12.7 Å². The number of rotatable bonds is 4. The van der Waals surface area contributed by atoms with Gasteiger partial charge in [-0.15, -0.1) is 0 Å². The van der Waals surface area contributed by atoms with E-state index in [1.807, 2.05) is 0 Å². The van der Waals surface area contributed by atoms with Crippen LogP contribution in [0.15, 0.2) is 12.7 Å². The first kappa shape index (κ1) is 11.4. The summed E-state index contributed by atoms with van der Waals surface area (Å²) in [7, 11) is 0. The monoisotopic (exact) mass is 245 g/mol. The number of imidazole rings is 1. The number of fused-ring (bicyclic) bond motifs is 1. The van der Waals surface area contributed by atoms with Gasteiger partial charge >= 0.3 is 0 Å². The van der Waals surface area contributed by atoms with Crippen molar-refractivity contribution < 1.29 is 0 Å². The Morgan fingerprint density at radius 2 is 2.11 bits per heavy atom. The van der Waals surface area contributed by atoms with Gasteiger partial charge in [0, 0.05) is 6.54 Å². The molecule has 5 nitrogen and oxygen atoms in total. The number of aromatic amines is 1. The van der Waals surface area contributed by atoms with E-state index in [4.69, 9.17) is 0 Å². The third kappa shape index (κ3) is 1.94. The molecule has 1 fully saturated rings. The Morgan fingerprint density at radius 1 is 1.28 bits per heavy atom. The molecule has 0 amide bonds. The number of anilines is 1. The maximum atomic E-state index is 4.31. The second kappa shape index (κ2) is 4.55. The van der Waals surface area contributed by atoms with E-state index in [2.05, 4.69) is 32.2 Å². The molecule has 2 N–H and O–H groups in total.